The van der Waals surface area contributed by atoms with Crippen molar-refractivity contribution >= 4 is 0 Å². The predicted molar refractivity (Wildman–Crippen MR) is 67.8 cm³/mol. The molecule has 1 aromatic rings. The lowest BCUT2D eigenvalue weighted by Gasteiger charge is -2.15. The summed E-state index contributed by atoms with van der Waals surface area (Å²) in [5.74, 6) is 0.875. The molecular weight excluding hydrogens is 232 g/mol. The summed E-state index contributed by atoms with van der Waals surface area (Å²) in [7, 11) is 1.66. The van der Waals surface area contributed by atoms with Crippen LogP contribution in [0.2, 0.25) is 0 Å². The minimum absolute atomic E-state index is 0.179. The second-order valence-corrected chi connectivity index (χ2v) is 4.24. The molecule has 0 bridgehead atoms. The van der Waals surface area contributed by atoms with E-state index in [-0.39, 0.29) is 6.29 Å². The lowest BCUT2D eigenvalue weighted by molar-refractivity contribution is -0.118. The van der Waals surface area contributed by atoms with E-state index in [1.54, 1.807) is 7.11 Å². The third kappa shape index (κ3) is 4.29. The molecule has 0 spiro atoms. The number of methoxy groups -OCH3 is 1. The summed E-state index contributed by atoms with van der Waals surface area (Å²) >= 11 is 0. The van der Waals surface area contributed by atoms with Crippen LogP contribution >= 0.6 is 0 Å². The normalized spacial score (nSPS) is 19.6. The maximum Gasteiger partial charge on any atom is 0.161 e. The van der Waals surface area contributed by atoms with Gasteiger partial charge in [-0.15, -0.1) is 0 Å². The van der Waals surface area contributed by atoms with E-state index < -0.39 is 0 Å². The molecule has 18 heavy (non-hydrogen) atoms. The Kier molecular flexibility index (Phi) is 4.99. The van der Waals surface area contributed by atoms with Gasteiger partial charge in [-0.25, -0.2) is 0 Å². The third-order valence-electron chi connectivity index (χ3n) is 2.78. The Balaban J connectivity index is 1.81. The zero-order valence-electron chi connectivity index (χ0n) is 10.9. The van der Waals surface area contributed by atoms with Gasteiger partial charge in [-0.1, -0.05) is 12.1 Å². The number of ether oxygens (including phenoxy) is 4. The van der Waals surface area contributed by atoms with Crippen LogP contribution in [0.5, 0.6) is 5.75 Å². The Morgan fingerprint density at radius 2 is 2.06 bits per heavy atom. The van der Waals surface area contributed by atoms with Gasteiger partial charge < -0.3 is 18.9 Å². The van der Waals surface area contributed by atoms with Gasteiger partial charge in [-0.3, -0.25) is 0 Å². The van der Waals surface area contributed by atoms with Gasteiger partial charge in [0, 0.05) is 20.1 Å². The quantitative estimate of drug-likeness (QED) is 0.524. The van der Waals surface area contributed by atoms with Crippen molar-refractivity contribution in [2.24, 2.45) is 0 Å². The molecule has 2 rings (SSSR count). The Labute approximate surface area is 108 Å². The predicted octanol–water partition coefficient (Wildman–Crippen LogP) is 2.02. The molecule has 1 aromatic carbocycles. The van der Waals surface area contributed by atoms with Gasteiger partial charge in [-0.05, 0) is 24.6 Å². The van der Waals surface area contributed by atoms with Crippen LogP contribution in [0.3, 0.4) is 0 Å². The summed E-state index contributed by atoms with van der Waals surface area (Å²) < 4.78 is 21.4. The zero-order valence-corrected chi connectivity index (χ0v) is 10.9. The van der Waals surface area contributed by atoms with Gasteiger partial charge in [0.25, 0.3) is 0 Å². The first kappa shape index (κ1) is 13.3. The summed E-state index contributed by atoms with van der Waals surface area (Å²) in [5, 5.41) is 0. The second-order valence-electron chi connectivity index (χ2n) is 4.24. The van der Waals surface area contributed by atoms with Crippen molar-refractivity contribution in [2.45, 2.75) is 25.7 Å². The highest BCUT2D eigenvalue weighted by Gasteiger charge is 2.22. The maximum absolute atomic E-state index is 5.58. The van der Waals surface area contributed by atoms with Crippen molar-refractivity contribution < 1.29 is 18.9 Å². The maximum atomic E-state index is 5.58. The average molecular weight is 252 g/mol. The van der Waals surface area contributed by atoms with Crippen LogP contribution in [-0.2, 0) is 20.6 Å². The molecule has 2 atom stereocenters. The van der Waals surface area contributed by atoms with Crippen molar-refractivity contribution in [1.29, 1.82) is 0 Å². The minimum Gasteiger partial charge on any atom is -0.491 e. The number of hydrogen-bond acceptors (Lipinski definition) is 4. The fourth-order valence-corrected chi connectivity index (χ4v) is 1.66. The molecule has 0 N–H and O–H groups in total. The summed E-state index contributed by atoms with van der Waals surface area (Å²) in [4.78, 5) is 0. The molecule has 1 heterocycles. The van der Waals surface area contributed by atoms with Crippen molar-refractivity contribution in [1.82, 2.24) is 0 Å². The molecule has 100 valence electrons. The van der Waals surface area contributed by atoms with Gasteiger partial charge in [0.1, 0.15) is 18.5 Å². The van der Waals surface area contributed by atoms with E-state index in [1.165, 1.54) is 5.56 Å². The first-order valence-corrected chi connectivity index (χ1v) is 6.29. The molecule has 0 radical (unpaired) electrons. The summed E-state index contributed by atoms with van der Waals surface area (Å²) in [6.45, 7) is 4.07. The Hall–Kier alpha value is -1.10. The van der Waals surface area contributed by atoms with E-state index in [1.807, 2.05) is 31.2 Å². The highest BCUT2D eigenvalue weighted by Crippen LogP contribution is 2.17. The van der Waals surface area contributed by atoms with Crippen molar-refractivity contribution in [3.05, 3.63) is 29.8 Å². The first-order valence-electron chi connectivity index (χ1n) is 6.29. The van der Waals surface area contributed by atoms with Crippen LogP contribution in [0.25, 0.3) is 0 Å². The van der Waals surface area contributed by atoms with E-state index in [0.717, 1.165) is 18.8 Å². The number of hydrogen-bond donors (Lipinski definition) is 0. The first-order chi connectivity index (χ1) is 8.81. The van der Waals surface area contributed by atoms with Crippen molar-refractivity contribution in [3.8, 4) is 5.75 Å². The fourth-order valence-electron chi connectivity index (χ4n) is 1.66. The smallest absolute Gasteiger partial charge is 0.161 e. The van der Waals surface area contributed by atoms with Crippen LogP contribution in [0.1, 0.15) is 12.5 Å². The largest absolute Gasteiger partial charge is 0.491 e. The molecule has 2 unspecified atom stereocenters. The van der Waals surface area contributed by atoms with Crippen LogP contribution in [0.4, 0.5) is 0 Å². The molecule has 1 aliphatic heterocycles. The summed E-state index contributed by atoms with van der Waals surface area (Å²) in [6, 6.07) is 8.01. The van der Waals surface area contributed by atoms with E-state index in [4.69, 9.17) is 18.9 Å². The van der Waals surface area contributed by atoms with Crippen LogP contribution in [0, 0.1) is 0 Å². The second kappa shape index (κ2) is 6.73. The van der Waals surface area contributed by atoms with E-state index in [9.17, 15) is 0 Å². The minimum atomic E-state index is -0.179. The fraction of sp³-hybridized carbons (Fsp3) is 0.571. The Bertz CT molecular complexity index is 345. The van der Waals surface area contributed by atoms with E-state index >= 15 is 0 Å². The van der Waals surface area contributed by atoms with Gasteiger partial charge in [0.2, 0.25) is 0 Å². The molecule has 0 amide bonds. The highest BCUT2D eigenvalue weighted by molar-refractivity contribution is 5.27. The number of epoxide rings is 1. The van der Waals surface area contributed by atoms with Crippen molar-refractivity contribution in [2.75, 3.05) is 26.9 Å². The zero-order chi connectivity index (χ0) is 12.8. The topological polar surface area (TPSA) is 40.2 Å². The van der Waals surface area contributed by atoms with Gasteiger partial charge in [-0.2, -0.15) is 0 Å². The van der Waals surface area contributed by atoms with Gasteiger partial charge >= 0.3 is 0 Å². The van der Waals surface area contributed by atoms with Gasteiger partial charge in [0.05, 0.1) is 6.61 Å². The summed E-state index contributed by atoms with van der Waals surface area (Å²) in [6.07, 6.45) is 0.859. The van der Waals surface area contributed by atoms with Crippen LogP contribution < -0.4 is 4.74 Å². The molecule has 0 aliphatic carbocycles. The molecule has 4 heteroatoms. The Morgan fingerprint density at radius 3 is 2.61 bits per heavy atom. The number of rotatable bonds is 8. The Morgan fingerprint density at radius 1 is 1.33 bits per heavy atom. The standard InChI is InChI=1S/C14H20O4/c1-3-16-14(15-2)8-11-4-6-12(7-5-11)17-9-13-10-18-13/h4-7,13-14H,3,8-10H2,1-2H3. The highest BCUT2D eigenvalue weighted by atomic mass is 16.7. The van der Waals surface area contributed by atoms with Crippen LogP contribution in [-0.4, -0.2) is 39.3 Å². The molecule has 0 saturated carbocycles. The monoisotopic (exact) mass is 252 g/mol. The lowest BCUT2D eigenvalue weighted by atomic mass is 10.1. The van der Waals surface area contributed by atoms with Crippen LogP contribution in [0.15, 0.2) is 24.3 Å². The molecule has 1 aliphatic rings. The average Bonchev–Trinajstić information content (AvgIpc) is 3.21. The van der Waals surface area contributed by atoms with E-state index in [0.29, 0.717) is 19.3 Å². The molecular formula is C14H20O4. The molecule has 4 nitrogen and oxygen atoms in total. The molecule has 1 fully saturated rings. The van der Waals surface area contributed by atoms with E-state index in [2.05, 4.69) is 0 Å². The van der Waals surface area contributed by atoms with Crippen molar-refractivity contribution in [3.63, 3.8) is 0 Å². The molecule has 1 saturated heterocycles. The van der Waals surface area contributed by atoms with Gasteiger partial charge in [0.15, 0.2) is 6.29 Å². The summed E-state index contributed by atoms with van der Waals surface area (Å²) in [5.41, 5.74) is 1.17. The SMILES string of the molecule is CCOC(Cc1ccc(OCC2CO2)cc1)OC. The third-order valence-corrected chi connectivity index (χ3v) is 2.78. The number of benzene rings is 1. The molecule has 0 aromatic heterocycles. The lowest BCUT2D eigenvalue weighted by Crippen LogP contribution is -2.18.